The fourth-order valence-corrected chi connectivity index (χ4v) is 3.95. The Morgan fingerprint density at radius 1 is 1.09 bits per heavy atom. The van der Waals surface area contributed by atoms with Crippen LogP contribution in [0.2, 0.25) is 0 Å². The molecule has 7 heteroatoms. The average molecular weight is 432 g/mol. The van der Waals surface area contributed by atoms with Crippen molar-refractivity contribution >= 4 is 17.3 Å². The maximum absolute atomic E-state index is 12.8. The molecule has 2 N–H and O–H groups in total. The quantitative estimate of drug-likeness (QED) is 0.621. The zero-order valence-corrected chi connectivity index (χ0v) is 18.6. The van der Waals surface area contributed by atoms with Crippen LogP contribution in [0.1, 0.15) is 35.3 Å². The summed E-state index contributed by atoms with van der Waals surface area (Å²) in [6, 6.07) is 15.0. The summed E-state index contributed by atoms with van der Waals surface area (Å²) in [6.45, 7) is 2.82. The highest BCUT2D eigenvalue weighted by Gasteiger charge is 2.14. The maximum Gasteiger partial charge on any atom is 0.271 e. The molecule has 1 aliphatic heterocycles. The molecular formula is C25H29N5O2. The van der Waals surface area contributed by atoms with Crippen molar-refractivity contribution in [2.24, 2.45) is 0 Å². The van der Waals surface area contributed by atoms with E-state index in [1.165, 1.54) is 19.3 Å². The Morgan fingerprint density at radius 2 is 1.84 bits per heavy atom. The van der Waals surface area contributed by atoms with Crippen LogP contribution in [0.4, 0.5) is 11.4 Å². The largest absolute Gasteiger partial charge is 0.372 e. The van der Waals surface area contributed by atoms with Crippen molar-refractivity contribution in [2.45, 2.75) is 25.8 Å². The average Bonchev–Trinajstić information content (AvgIpc) is 2.81. The molecule has 1 saturated heterocycles. The molecule has 0 unspecified atom stereocenters. The van der Waals surface area contributed by atoms with Gasteiger partial charge in [0, 0.05) is 42.6 Å². The van der Waals surface area contributed by atoms with Crippen LogP contribution in [-0.4, -0.2) is 48.0 Å². The van der Waals surface area contributed by atoms with E-state index in [4.69, 9.17) is 0 Å². The molecule has 3 heterocycles. The van der Waals surface area contributed by atoms with Crippen LogP contribution < -0.4 is 15.8 Å². The molecule has 3 aromatic rings. The third-order valence-electron chi connectivity index (χ3n) is 5.58. The minimum Gasteiger partial charge on any atom is -0.372 e. The number of hydrogen-bond donors (Lipinski definition) is 2. The first kappa shape index (κ1) is 21.8. The van der Waals surface area contributed by atoms with Gasteiger partial charge in [0.25, 0.3) is 11.5 Å². The van der Waals surface area contributed by atoms with E-state index >= 15 is 0 Å². The molecule has 1 aliphatic rings. The second-order valence-electron chi connectivity index (χ2n) is 8.43. The van der Waals surface area contributed by atoms with Gasteiger partial charge in [-0.3, -0.25) is 14.6 Å². The number of amides is 1. The van der Waals surface area contributed by atoms with Crippen molar-refractivity contribution in [2.75, 3.05) is 37.4 Å². The number of nitrogens with one attached hydrogen (secondary N) is 2. The summed E-state index contributed by atoms with van der Waals surface area (Å²) < 4.78 is 0. The number of pyridine rings is 2. The van der Waals surface area contributed by atoms with Crippen molar-refractivity contribution in [3.05, 3.63) is 76.3 Å². The maximum atomic E-state index is 12.8. The topological polar surface area (TPSA) is 81.3 Å². The molecule has 0 aliphatic carbocycles. The number of nitrogens with zero attached hydrogens (tertiary/aromatic N) is 3. The van der Waals surface area contributed by atoms with E-state index in [1.54, 1.807) is 12.3 Å². The van der Waals surface area contributed by atoms with E-state index in [1.807, 2.05) is 61.5 Å². The SMILES string of the molecule is CN(C)Cc1cccc(-c2c[nH]c(=O)c(NC(=O)c3ccc(N4CCCCC4)cc3)c2)n1. The molecule has 4 rings (SSSR count). The van der Waals surface area contributed by atoms with Crippen LogP contribution in [-0.2, 0) is 6.54 Å². The number of benzene rings is 1. The lowest BCUT2D eigenvalue weighted by Gasteiger charge is -2.28. The van der Waals surface area contributed by atoms with Crippen LogP contribution in [0.5, 0.6) is 0 Å². The first-order chi connectivity index (χ1) is 15.5. The molecule has 0 saturated carbocycles. The number of anilines is 2. The smallest absolute Gasteiger partial charge is 0.271 e. The predicted octanol–water partition coefficient (Wildman–Crippen LogP) is 3.74. The Kier molecular flexibility index (Phi) is 6.66. The molecule has 32 heavy (non-hydrogen) atoms. The molecule has 0 bridgehead atoms. The summed E-state index contributed by atoms with van der Waals surface area (Å²) in [5, 5.41) is 2.75. The molecule has 1 aromatic carbocycles. The van der Waals surface area contributed by atoms with E-state index in [9.17, 15) is 9.59 Å². The Balaban J connectivity index is 1.50. The Hall–Kier alpha value is -3.45. The van der Waals surface area contributed by atoms with Crippen molar-refractivity contribution in [1.29, 1.82) is 0 Å². The van der Waals surface area contributed by atoms with Gasteiger partial charge >= 0.3 is 0 Å². The van der Waals surface area contributed by atoms with E-state index in [0.717, 1.165) is 35.7 Å². The number of aromatic nitrogens is 2. The van der Waals surface area contributed by atoms with Gasteiger partial charge in [-0.05, 0) is 75.8 Å². The van der Waals surface area contributed by atoms with Gasteiger partial charge in [-0.25, -0.2) is 0 Å². The number of H-pyrrole nitrogens is 1. The third kappa shape index (κ3) is 5.23. The molecule has 1 fully saturated rings. The zero-order valence-electron chi connectivity index (χ0n) is 18.6. The minimum atomic E-state index is -0.350. The van der Waals surface area contributed by atoms with Crippen molar-refractivity contribution in [1.82, 2.24) is 14.9 Å². The van der Waals surface area contributed by atoms with Gasteiger partial charge in [-0.2, -0.15) is 0 Å². The summed E-state index contributed by atoms with van der Waals surface area (Å²) in [6.07, 6.45) is 5.30. The van der Waals surface area contributed by atoms with E-state index in [2.05, 4.69) is 20.2 Å². The molecular weight excluding hydrogens is 402 g/mol. The summed E-state index contributed by atoms with van der Waals surface area (Å²) in [5.74, 6) is -0.313. The van der Waals surface area contributed by atoms with E-state index < -0.39 is 0 Å². The third-order valence-corrected chi connectivity index (χ3v) is 5.58. The molecule has 2 aromatic heterocycles. The van der Waals surface area contributed by atoms with Crippen molar-refractivity contribution < 1.29 is 4.79 Å². The number of carbonyl (C=O) groups excluding carboxylic acids is 1. The highest BCUT2D eigenvalue weighted by atomic mass is 16.2. The van der Waals surface area contributed by atoms with Crippen LogP contribution >= 0.6 is 0 Å². The normalized spacial score (nSPS) is 13.9. The van der Waals surface area contributed by atoms with Crippen LogP contribution in [0.3, 0.4) is 0 Å². The number of aromatic amines is 1. The summed E-state index contributed by atoms with van der Waals surface area (Å²) in [4.78, 5) is 36.9. The second-order valence-corrected chi connectivity index (χ2v) is 8.43. The fraction of sp³-hybridized carbons (Fsp3) is 0.320. The van der Waals surface area contributed by atoms with Crippen LogP contribution in [0.25, 0.3) is 11.3 Å². The molecule has 0 atom stereocenters. The molecule has 7 nitrogen and oxygen atoms in total. The first-order valence-corrected chi connectivity index (χ1v) is 11.0. The zero-order chi connectivity index (χ0) is 22.5. The molecule has 0 spiro atoms. The van der Waals surface area contributed by atoms with Gasteiger partial charge in [0.2, 0.25) is 0 Å². The van der Waals surface area contributed by atoms with Gasteiger partial charge in [-0.1, -0.05) is 6.07 Å². The van der Waals surface area contributed by atoms with Crippen molar-refractivity contribution in [3.63, 3.8) is 0 Å². The first-order valence-electron chi connectivity index (χ1n) is 11.0. The van der Waals surface area contributed by atoms with E-state index in [-0.39, 0.29) is 17.2 Å². The van der Waals surface area contributed by atoms with Gasteiger partial charge in [0.05, 0.1) is 11.4 Å². The second kappa shape index (κ2) is 9.78. The molecule has 166 valence electrons. The lowest BCUT2D eigenvalue weighted by molar-refractivity contribution is 0.102. The lowest BCUT2D eigenvalue weighted by atomic mass is 10.1. The Morgan fingerprint density at radius 3 is 2.56 bits per heavy atom. The Labute approximate surface area is 188 Å². The summed E-state index contributed by atoms with van der Waals surface area (Å²) in [5.41, 5.74) is 3.90. The van der Waals surface area contributed by atoms with Gasteiger partial charge < -0.3 is 20.1 Å². The highest BCUT2D eigenvalue weighted by Crippen LogP contribution is 2.21. The van der Waals surface area contributed by atoms with Crippen molar-refractivity contribution in [3.8, 4) is 11.3 Å². The van der Waals surface area contributed by atoms with Gasteiger partial charge in [-0.15, -0.1) is 0 Å². The Bertz CT molecular complexity index is 1130. The fourth-order valence-electron chi connectivity index (χ4n) is 3.95. The molecule has 0 radical (unpaired) electrons. The lowest BCUT2D eigenvalue weighted by Crippen LogP contribution is -2.29. The standard InChI is InChI=1S/C25H29N5O2/c1-29(2)17-20-7-6-8-22(27-20)19-15-23(25(32)26-16-19)28-24(31)18-9-11-21(12-10-18)30-13-4-3-5-14-30/h6-12,15-16H,3-5,13-14,17H2,1-2H3,(H,26,32)(H,28,31). The number of carbonyl (C=O) groups is 1. The predicted molar refractivity (Wildman–Crippen MR) is 128 cm³/mol. The summed E-state index contributed by atoms with van der Waals surface area (Å²) in [7, 11) is 3.97. The van der Waals surface area contributed by atoms with Crippen LogP contribution in [0, 0.1) is 0 Å². The minimum absolute atomic E-state index is 0.201. The highest BCUT2D eigenvalue weighted by molar-refractivity contribution is 6.04. The number of rotatable bonds is 6. The number of hydrogen-bond acceptors (Lipinski definition) is 5. The molecule has 1 amide bonds. The monoisotopic (exact) mass is 431 g/mol. The van der Waals surface area contributed by atoms with Crippen LogP contribution in [0.15, 0.2) is 59.5 Å². The van der Waals surface area contributed by atoms with E-state index in [0.29, 0.717) is 12.1 Å². The number of piperidine rings is 1. The van der Waals surface area contributed by atoms with Gasteiger partial charge in [0.15, 0.2) is 0 Å². The van der Waals surface area contributed by atoms with Gasteiger partial charge in [0.1, 0.15) is 5.69 Å². The summed E-state index contributed by atoms with van der Waals surface area (Å²) >= 11 is 0.